The third kappa shape index (κ3) is 2.68. The SMILES string of the molecule is CC(C)n1ncnc1C(N)C1CCC(F)(F)CC1. The Bertz CT molecular complexity index is 393. The molecule has 4 nitrogen and oxygen atoms in total. The van der Waals surface area contributed by atoms with E-state index in [9.17, 15) is 8.78 Å². The zero-order valence-corrected chi connectivity index (χ0v) is 10.8. The molecule has 2 N–H and O–H groups in total. The second-order valence-corrected chi connectivity index (χ2v) is 5.38. The van der Waals surface area contributed by atoms with Gasteiger partial charge in [-0.15, -0.1) is 0 Å². The number of halogens is 2. The van der Waals surface area contributed by atoms with Crippen molar-refractivity contribution in [2.75, 3.05) is 0 Å². The van der Waals surface area contributed by atoms with Crippen molar-refractivity contribution < 1.29 is 8.78 Å². The molecule has 1 aromatic heterocycles. The van der Waals surface area contributed by atoms with Crippen LogP contribution in [-0.4, -0.2) is 20.7 Å². The number of hydrogen-bond acceptors (Lipinski definition) is 3. The Kier molecular flexibility index (Phi) is 3.66. The van der Waals surface area contributed by atoms with E-state index in [1.165, 1.54) is 6.33 Å². The molecule has 0 bridgehead atoms. The zero-order chi connectivity index (χ0) is 13.3. The van der Waals surface area contributed by atoms with Crippen LogP contribution in [0.4, 0.5) is 8.78 Å². The van der Waals surface area contributed by atoms with Gasteiger partial charge in [-0.3, -0.25) is 0 Å². The van der Waals surface area contributed by atoms with E-state index >= 15 is 0 Å². The average molecular weight is 258 g/mol. The van der Waals surface area contributed by atoms with E-state index in [-0.39, 0.29) is 30.8 Å². The van der Waals surface area contributed by atoms with Crippen LogP contribution in [0.1, 0.15) is 57.4 Å². The van der Waals surface area contributed by atoms with E-state index in [0.29, 0.717) is 18.7 Å². The highest BCUT2D eigenvalue weighted by atomic mass is 19.3. The van der Waals surface area contributed by atoms with Gasteiger partial charge in [0.05, 0.1) is 6.04 Å². The standard InChI is InChI=1S/C12H20F2N4/c1-8(2)18-11(16-7-17-18)10(15)9-3-5-12(13,14)6-4-9/h7-10H,3-6,15H2,1-2H3. The Morgan fingerprint density at radius 2 is 2.00 bits per heavy atom. The van der Waals surface area contributed by atoms with Gasteiger partial charge in [-0.1, -0.05) is 0 Å². The molecule has 1 unspecified atom stereocenters. The third-order valence-electron chi connectivity index (χ3n) is 3.66. The summed E-state index contributed by atoms with van der Waals surface area (Å²) in [5.74, 6) is -1.73. The summed E-state index contributed by atoms with van der Waals surface area (Å²) in [5.41, 5.74) is 6.17. The maximum atomic E-state index is 13.1. The molecule has 6 heteroatoms. The Morgan fingerprint density at radius 1 is 1.39 bits per heavy atom. The van der Waals surface area contributed by atoms with E-state index in [1.54, 1.807) is 4.68 Å². The fourth-order valence-corrected chi connectivity index (χ4v) is 2.53. The minimum atomic E-state index is -2.51. The minimum absolute atomic E-state index is 0.0683. The molecule has 102 valence electrons. The highest BCUT2D eigenvalue weighted by Crippen LogP contribution is 2.40. The van der Waals surface area contributed by atoms with Crippen LogP contribution < -0.4 is 5.73 Å². The second-order valence-electron chi connectivity index (χ2n) is 5.38. The molecule has 0 aromatic carbocycles. The molecule has 1 fully saturated rings. The van der Waals surface area contributed by atoms with E-state index < -0.39 is 5.92 Å². The van der Waals surface area contributed by atoms with Crippen LogP contribution in [0.25, 0.3) is 0 Å². The molecular weight excluding hydrogens is 238 g/mol. The van der Waals surface area contributed by atoms with Crippen molar-refractivity contribution >= 4 is 0 Å². The summed E-state index contributed by atoms with van der Waals surface area (Å²) in [5, 5.41) is 4.14. The predicted molar refractivity (Wildman–Crippen MR) is 64.2 cm³/mol. The molecule has 1 heterocycles. The summed E-state index contributed by atoms with van der Waals surface area (Å²) in [4.78, 5) is 4.19. The zero-order valence-electron chi connectivity index (χ0n) is 10.8. The number of alkyl halides is 2. The largest absolute Gasteiger partial charge is 0.321 e. The Labute approximate surface area is 106 Å². The van der Waals surface area contributed by atoms with Gasteiger partial charge in [0.15, 0.2) is 0 Å². The van der Waals surface area contributed by atoms with Crippen molar-refractivity contribution in [2.45, 2.75) is 57.5 Å². The number of hydrogen-bond donors (Lipinski definition) is 1. The molecule has 2 rings (SSSR count). The summed E-state index contributed by atoms with van der Waals surface area (Å²) >= 11 is 0. The van der Waals surface area contributed by atoms with Crippen LogP contribution in [0.5, 0.6) is 0 Å². The topological polar surface area (TPSA) is 56.7 Å². The normalized spacial score (nSPS) is 22.3. The lowest BCUT2D eigenvalue weighted by molar-refractivity contribution is -0.0487. The fraction of sp³-hybridized carbons (Fsp3) is 0.833. The van der Waals surface area contributed by atoms with Crippen LogP contribution in [0, 0.1) is 5.92 Å². The number of nitrogens with zero attached hydrogens (tertiary/aromatic N) is 3. The van der Waals surface area contributed by atoms with Crippen molar-refractivity contribution in [1.29, 1.82) is 0 Å². The van der Waals surface area contributed by atoms with Gasteiger partial charge in [0.1, 0.15) is 12.2 Å². The fourth-order valence-electron chi connectivity index (χ4n) is 2.53. The molecule has 1 aliphatic rings. The van der Waals surface area contributed by atoms with Gasteiger partial charge in [-0.05, 0) is 32.6 Å². The molecule has 0 radical (unpaired) electrons. The van der Waals surface area contributed by atoms with Gasteiger partial charge in [-0.2, -0.15) is 5.10 Å². The first-order chi connectivity index (χ1) is 8.41. The van der Waals surface area contributed by atoms with Crippen molar-refractivity contribution in [1.82, 2.24) is 14.8 Å². The van der Waals surface area contributed by atoms with Crippen LogP contribution in [0.2, 0.25) is 0 Å². The van der Waals surface area contributed by atoms with E-state index in [4.69, 9.17) is 5.73 Å². The van der Waals surface area contributed by atoms with Crippen molar-refractivity contribution in [3.8, 4) is 0 Å². The van der Waals surface area contributed by atoms with Crippen LogP contribution >= 0.6 is 0 Å². The van der Waals surface area contributed by atoms with Gasteiger partial charge in [0.25, 0.3) is 0 Å². The van der Waals surface area contributed by atoms with Crippen LogP contribution in [-0.2, 0) is 0 Å². The van der Waals surface area contributed by atoms with Gasteiger partial charge in [-0.25, -0.2) is 18.4 Å². The van der Waals surface area contributed by atoms with E-state index in [2.05, 4.69) is 10.1 Å². The maximum Gasteiger partial charge on any atom is 0.248 e. The molecule has 18 heavy (non-hydrogen) atoms. The van der Waals surface area contributed by atoms with Crippen molar-refractivity contribution in [2.24, 2.45) is 11.7 Å². The number of rotatable bonds is 3. The first-order valence-electron chi connectivity index (χ1n) is 6.43. The quantitative estimate of drug-likeness (QED) is 0.906. The molecule has 1 saturated carbocycles. The molecule has 1 atom stereocenters. The van der Waals surface area contributed by atoms with Gasteiger partial charge in [0, 0.05) is 18.9 Å². The van der Waals surface area contributed by atoms with Crippen molar-refractivity contribution in [3.05, 3.63) is 12.2 Å². The number of nitrogens with two attached hydrogens (primary N) is 1. The summed E-state index contributed by atoms with van der Waals surface area (Å²) in [6.07, 6.45) is 2.26. The minimum Gasteiger partial charge on any atom is -0.321 e. The lowest BCUT2D eigenvalue weighted by atomic mass is 9.82. The van der Waals surface area contributed by atoms with Gasteiger partial charge in [0.2, 0.25) is 5.92 Å². The summed E-state index contributed by atoms with van der Waals surface area (Å²) < 4.78 is 28.0. The van der Waals surface area contributed by atoms with Gasteiger partial charge >= 0.3 is 0 Å². The van der Waals surface area contributed by atoms with E-state index in [1.807, 2.05) is 13.8 Å². The highest BCUT2D eigenvalue weighted by Gasteiger charge is 2.38. The maximum absolute atomic E-state index is 13.1. The molecule has 1 aromatic rings. The van der Waals surface area contributed by atoms with Crippen LogP contribution in [0.3, 0.4) is 0 Å². The summed E-state index contributed by atoms with van der Waals surface area (Å²) in [6.45, 7) is 4.00. The summed E-state index contributed by atoms with van der Waals surface area (Å²) in [6, 6.07) is -0.121. The average Bonchev–Trinajstić information content (AvgIpc) is 2.77. The molecule has 0 spiro atoms. The highest BCUT2D eigenvalue weighted by molar-refractivity contribution is 4.98. The number of aromatic nitrogens is 3. The molecule has 0 aliphatic heterocycles. The first kappa shape index (κ1) is 13.4. The molecule has 0 amide bonds. The summed E-state index contributed by atoms with van der Waals surface area (Å²) in [7, 11) is 0. The van der Waals surface area contributed by atoms with Gasteiger partial charge < -0.3 is 5.73 Å². The Hall–Kier alpha value is -1.04. The third-order valence-corrected chi connectivity index (χ3v) is 3.66. The van der Waals surface area contributed by atoms with Crippen molar-refractivity contribution in [3.63, 3.8) is 0 Å². The molecule has 0 saturated heterocycles. The first-order valence-corrected chi connectivity index (χ1v) is 6.43. The molecule has 1 aliphatic carbocycles. The van der Waals surface area contributed by atoms with Crippen LogP contribution in [0.15, 0.2) is 6.33 Å². The lowest BCUT2D eigenvalue weighted by Gasteiger charge is -2.31. The molecular formula is C12H20F2N4. The van der Waals surface area contributed by atoms with E-state index in [0.717, 1.165) is 0 Å². The monoisotopic (exact) mass is 258 g/mol. The second kappa shape index (κ2) is 4.91. The Balaban J connectivity index is 2.08. The lowest BCUT2D eigenvalue weighted by Crippen LogP contribution is -2.32. The predicted octanol–water partition coefficient (Wildman–Crippen LogP) is 2.68. The Morgan fingerprint density at radius 3 is 2.56 bits per heavy atom. The smallest absolute Gasteiger partial charge is 0.248 e.